The van der Waals surface area contributed by atoms with Gasteiger partial charge in [0.1, 0.15) is 0 Å². The van der Waals surface area contributed by atoms with Gasteiger partial charge >= 0.3 is 6.18 Å². The van der Waals surface area contributed by atoms with E-state index in [9.17, 15) is 18.0 Å². The molecule has 0 spiro atoms. The third-order valence-corrected chi connectivity index (χ3v) is 4.96. The molecule has 4 rings (SSSR count). The molecule has 8 heteroatoms. The van der Waals surface area contributed by atoms with Gasteiger partial charge in [-0.15, -0.1) is 0 Å². The summed E-state index contributed by atoms with van der Waals surface area (Å²) in [4.78, 5) is 12.1. The van der Waals surface area contributed by atoms with Gasteiger partial charge in [-0.3, -0.25) is 4.79 Å². The number of hydrogen-bond donors (Lipinski definition) is 3. The molecule has 0 bridgehead atoms. The van der Waals surface area contributed by atoms with Crippen LogP contribution in [0.25, 0.3) is 5.57 Å². The van der Waals surface area contributed by atoms with E-state index in [0.717, 1.165) is 18.9 Å². The molecule has 2 heterocycles. The van der Waals surface area contributed by atoms with E-state index in [1.807, 2.05) is 0 Å². The standard InChI is InChI=1S/C21H20F3N3O2/c22-21(23,24)17-10-13(7-8-19(17)26-11-14-4-3-9-29-14)25-12-16-15-5-1-2-6-18(15)27-20(16)28/h1-2,5-8,10,12,14,25-26H,3-4,9,11H2,(H,27,28). The molecule has 2 aromatic rings. The van der Waals surface area contributed by atoms with Crippen molar-refractivity contribution in [3.63, 3.8) is 0 Å². The minimum atomic E-state index is -4.51. The monoisotopic (exact) mass is 403 g/mol. The van der Waals surface area contributed by atoms with Crippen molar-refractivity contribution < 1.29 is 22.7 Å². The molecular formula is C21H20F3N3O2. The number of anilines is 3. The zero-order valence-electron chi connectivity index (χ0n) is 15.5. The third kappa shape index (κ3) is 4.22. The molecule has 1 atom stereocenters. The highest BCUT2D eigenvalue weighted by Crippen LogP contribution is 2.37. The third-order valence-electron chi connectivity index (χ3n) is 4.96. The molecule has 0 radical (unpaired) electrons. The molecule has 29 heavy (non-hydrogen) atoms. The molecule has 0 aliphatic carbocycles. The van der Waals surface area contributed by atoms with Crippen LogP contribution in [0.4, 0.5) is 30.2 Å². The van der Waals surface area contributed by atoms with Gasteiger partial charge < -0.3 is 20.7 Å². The molecule has 0 aromatic heterocycles. The quantitative estimate of drug-likeness (QED) is 0.634. The molecule has 2 aliphatic rings. The minimum Gasteiger partial charge on any atom is -0.382 e. The van der Waals surface area contributed by atoms with Gasteiger partial charge in [0.15, 0.2) is 0 Å². The highest BCUT2D eigenvalue weighted by Gasteiger charge is 2.34. The summed E-state index contributed by atoms with van der Waals surface area (Å²) in [6.07, 6.45) is -1.39. The lowest BCUT2D eigenvalue weighted by Gasteiger charge is -2.18. The first-order valence-corrected chi connectivity index (χ1v) is 9.36. The normalized spacial score (nSPS) is 19.9. The number of carbonyl (C=O) groups is 1. The Morgan fingerprint density at radius 3 is 2.79 bits per heavy atom. The van der Waals surface area contributed by atoms with Gasteiger partial charge in [-0.2, -0.15) is 13.2 Å². The number of benzene rings is 2. The molecule has 2 aromatic carbocycles. The average molecular weight is 403 g/mol. The van der Waals surface area contributed by atoms with Crippen LogP contribution in [0.1, 0.15) is 24.0 Å². The van der Waals surface area contributed by atoms with Crippen LogP contribution in [0.15, 0.2) is 48.7 Å². The lowest BCUT2D eigenvalue weighted by molar-refractivity contribution is -0.137. The molecular weight excluding hydrogens is 383 g/mol. The summed E-state index contributed by atoms with van der Waals surface area (Å²) in [6, 6.07) is 11.1. The Morgan fingerprint density at radius 1 is 1.21 bits per heavy atom. The van der Waals surface area contributed by atoms with Gasteiger partial charge in [-0.1, -0.05) is 18.2 Å². The second-order valence-electron chi connectivity index (χ2n) is 6.98. The van der Waals surface area contributed by atoms with Crippen LogP contribution in [0.2, 0.25) is 0 Å². The van der Waals surface area contributed by atoms with Gasteiger partial charge in [0.2, 0.25) is 0 Å². The second kappa shape index (κ2) is 7.79. The molecule has 1 unspecified atom stereocenters. The van der Waals surface area contributed by atoms with Crippen LogP contribution < -0.4 is 16.0 Å². The van der Waals surface area contributed by atoms with Crippen molar-refractivity contribution in [3.05, 3.63) is 59.8 Å². The van der Waals surface area contributed by atoms with Crippen LogP contribution in [-0.4, -0.2) is 25.2 Å². The van der Waals surface area contributed by atoms with Crippen molar-refractivity contribution in [1.82, 2.24) is 0 Å². The van der Waals surface area contributed by atoms with Gasteiger partial charge in [0, 0.05) is 42.0 Å². The summed E-state index contributed by atoms with van der Waals surface area (Å²) in [7, 11) is 0. The molecule has 5 nitrogen and oxygen atoms in total. The fourth-order valence-electron chi connectivity index (χ4n) is 3.49. The van der Waals surface area contributed by atoms with Gasteiger partial charge in [-0.25, -0.2) is 0 Å². The maximum absolute atomic E-state index is 13.6. The highest BCUT2D eigenvalue weighted by atomic mass is 19.4. The SMILES string of the molecule is O=C1Nc2ccccc2C1=CNc1ccc(NCC2CCCO2)c(C(F)(F)F)c1. The number of ether oxygens (including phenoxy) is 1. The first kappa shape index (κ1) is 19.3. The van der Waals surface area contributed by atoms with Crippen molar-refractivity contribution in [2.24, 2.45) is 0 Å². The van der Waals surface area contributed by atoms with Crippen molar-refractivity contribution in [3.8, 4) is 0 Å². The first-order chi connectivity index (χ1) is 13.9. The Labute approximate surface area is 165 Å². The van der Waals surface area contributed by atoms with Crippen molar-refractivity contribution >= 4 is 28.5 Å². The summed E-state index contributed by atoms with van der Waals surface area (Å²) in [5.74, 6) is -0.301. The van der Waals surface area contributed by atoms with Crippen LogP contribution >= 0.6 is 0 Å². The first-order valence-electron chi connectivity index (χ1n) is 9.36. The number of rotatable bonds is 5. The lowest BCUT2D eigenvalue weighted by atomic mass is 10.1. The van der Waals surface area contributed by atoms with E-state index in [1.165, 1.54) is 12.3 Å². The van der Waals surface area contributed by atoms with Crippen molar-refractivity contribution in [2.45, 2.75) is 25.1 Å². The largest absolute Gasteiger partial charge is 0.418 e. The topological polar surface area (TPSA) is 62.4 Å². The molecule has 152 valence electrons. The zero-order chi connectivity index (χ0) is 20.4. The number of nitrogens with one attached hydrogen (secondary N) is 3. The lowest BCUT2D eigenvalue weighted by Crippen LogP contribution is -2.20. The molecule has 0 saturated carbocycles. The average Bonchev–Trinajstić information content (AvgIpc) is 3.31. The van der Waals surface area contributed by atoms with Crippen molar-refractivity contribution in [2.75, 3.05) is 29.1 Å². The van der Waals surface area contributed by atoms with Gasteiger partial charge in [0.05, 0.1) is 17.2 Å². The Hall–Kier alpha value is -3.00. The van der Waals surface area contributed by atoms with Gasteiger partial charge in [-0.05, 0) is 37.1 Å². The number of amides is 1. The summed E-state index contributed by atoms with van der Waals surface area (Å²) < 4.78 is 46.1. The van der Waals surface area contributed by atoms with E-state index in [4.69, 9.17) is 4.74 Å². The van der Waals surface area contributed by atoms with E-state index in [1.54, 1.807) is 30.3 Å². The second-order valence-corrected chi connectivity index (χ2v) is 6.98. The van der Waals surface area contributed by atoms with E-state index >= 15 is 0 Å². The van der Waals surface area contributed by atoms with Crippen molar-refractivity contribution in [1.29, 1.82) is 0 Å². The van der Waals surface area contributed by atoms with Crippen LogP contribution in [0.3, 0.4) is 0 Å². The summed E-state index contributed by atoms with van der Waals surface area (Å²) >= 11 is 0. The Morgan fingerprint density at radius 2 is 2.03 bits per heavy atom. The summed E-state index contributed by atoms with van der Waals surface area (Å²) in [6.45, 7) is 0.976. The maximum atomic E-state index is 13.6. The highest BCUT2D eigenvalue weighted by molar-refractivity contribution is 6.31. The fourth-order valence-corrected chi connectivity index (χ4v) is 3.49. The smallest absolute Gasteiger partial charge is 0.382 e. The summed E-state index contributed by atoms with van der Waals surface area (Å²) in [5, 5.41) is 8.40. The fraction of sp³-hybridized carbons (Fsp3) is 0.286. The number of hydrogen-bond acceptors (Lipinski definition) is 4. The van der Waals surface area contributed by atoms with E-state index < -0.39 is 11.7 Å². The number of fused-ring (bicyclic) bond motifs is 1. The Balaban J connectivity index is 1.54. The number of carbonyl (C=O) groups excluding carboxylic acids is 1. The maximum Gasteiger partial charge on any atom is 0.418 e. The molecule has 3 N–H and O–H groups in total. The molecule has 1 fully saturated rings. The van der Waals surface area contributed by atoms with Crippen LogP contribution in [0, 0.1) is 0 Å². The summed E-state index contributed by atoms with van der Waals surface area (Å²) in [5.41, 5.74) is 1.23. The molecule has 1 amide bonds. The van der Waals surface area contributed by atoms with E-state index in [2.05, 4.69) is 16.0 Å². The van der Waals surface area contributed by atoms with Crippen LogP contribution in [-0.2, 0) is 15.7 Å². The van der Waals surface area contributed by atoms with E-state index in [0.29, 0.717) is 30.0 Å². The predicted octanol–water partition coefficient (Wildman–Crippen LogP) is 4.70. The van der Waals surface area contributed by atoms with E-state index in [-0.39, 0.29) is 23.4 Å². The predicted molar refractivity (Wildman–Crippen MR) is 106 cm³/mol. The Bertz CT molecular complexity index is 950. The number of para-hydroxylation sites is 1. The zero-order valence-corrected chi connectivity index (χ0v) is 15.5. The van der Waals surface area contributed by atoms with Crippen LogP contribution in [0.5, 0.6) is 0 Å². The minimum absolute atomic E-state index is 0.00941. The molecule has 1 saturated heterocycles. The number of alkyl halides is 3. The number of halogens is 3. The van der Waals surface area contributed by atoms with Gasteiger partial charge in [0.25, 0.3) is 5.91 Å². The molecule has 2 aliphatic heterocycles. The Kier molecular flexibility index (Phi) is 5.19.